The Morgan fingerprint density at radius 2 is 2.14 bits per heavy atom. The van der Waals surface area contributed by atoms with Crippen LogP contribution in [0.25, 0.3) is 0 Å². The molecule has 0 spiro atoms. The molecule has 22 heavy (non-hydrogen) atoms. The summed E-state index contributed by atoms with van der Waals surface area (Å²) in [6.45, 7) is 4.38. The van der Waals surface area contributed by atoms with E-state index in [2.05, 4.69) is 20.5 Å². The van der Waals surface area contributed by atoms with Crippen molar-refractivity contribution in [2.75, 3.05) is 26.2 Å². The molecule has 2 unspecified atom stereocenters. The SMILES string of the molecule is NC(=O)C1=CC=CC2NC(=NCCCN3CCCCC3)NC12. The summed E-state index contributed by atoms with van der Waals surface area (Å²) < 4.78 is 0. The first-order chi connectivity index (χ1) is 10.7. The van der Waals surface area contributed by atoms with Crippen LogP contribution in [-0.4, -0.2) is 55.0 Å². The Morgan fingerprint density at radius 1 is 1.32 bits per heavy atom. The Balaban J connectivity index is 1.47. The Hall–Kier alpha value is -1.82. The smallest absolute Gasteiger partial charge is 0.246 e. The van der Waals surface area contributed by atoms with Crippen molar-refractivity contribution < 1.29 is 4.79 Å². The molecule has 2 heterocycles. The van der Waals surface area contributed by atoms with Gasteiger partial charge in [0.25, 0.3) is 0 Å². The van der Waals surface area contributed by atoms with E-state index < -0.39 is 0 Å². The predicted molar refractivity (Wildman–Crippen MR) is 87.5 cm³/mol. The van der Waals surface area contributed by atoms with E-state index in [1.807, 2.05) is 12.2 Å². The number of carbonyl (C=O) groups excluding carboxylic acids is 1. The normalized spacial score (nSPS) is 29.6. The molecule has 3 rings (SSSR count). The number of rotatable bonds is 5. The minimum absolute atomic E-state index is 0.0633. The van der Waals surface area contributed by atoms with Gasteiger partial charge in [0.05, 0.1) is 12.1 Å². The Morgan fingerprint density at radius 3 is 2.91 bits per heavy atom. The molecule has 2 saturated heterocycles. The van der Waals surface area contributed by atoms with Crippen LogP contribution in [0.5, 0.6) is 0 Å². The molecule has 6 heteroatoms. The highest BCUT2D eigenvalue weighted by Crippen LogP contribution is 2.17. The third-order valence-corrected chi connectivity index (χ3v) is 4.52. The van der Waals surface area contributed by atoms with Crippen LogP contribution >= 0.6 is 0 Å². The van der Waals surface area contributed by atoms with Crippen molar-refractivity contribution in [1.82, 2.24) is 15.5 Å². The second-order valence-corrected chi connectivity index (χ2v) is 6.15. The molecule has 4 N–H and O–H groups in total. The van der Waals surface area contributed by atoms with Gasteiger partial charge in [0.15, 0.2) is 5.96 Å². The molecule has 2 fully saturated rings. The molecule has 2 atom stereocenters. The van der Waals surface area contributed by atoms with Crippen LogP contribution in [0, 0.1) is 0 Å². The lowest BCUT2D eigenvalue weighted by molar-refractivity contribution is -0.114. The van der Waals surface area contributed by atoms with Gasteiger partial charge in [0.2, 0.25) is 5.91 Å². The van der Waals surface area contributed by atoms with Crippen molar-refractivity contribution in [2.24, 2.45) is 10.7 Å². The molecule has 1 aliphatic carbocycles. The first-order valence-electron chi connectivity index (χ1n) is 8.22. The zero-order chi connectivity index (χ0) is 15.4. The van der Waals surface area contributed by atoms with Gasteiger partial charge in [-0.2, -0.15) is 0 Å². The number of piperidine rings is 1. The van der Waals surface area contributed by atoms with Crippen molar-refractivity contribution >= 4 is 11.9 Å². The quantitative estimate of drug-likeness (QED) is 0.631. The summed E-state index contributed by atoms with van der Waals surface area (Å²) in [6.07, 6.45) is 10.8. The minimum Gasteiger partial charge on any atom is -0.366 e. The topological polar surface area (TPSA) is 82.8 Å². The van der Waals surface area contributed by atoms with Crippen molar-refractivity contribution in [3.63, 3.8) is 0 Å². The lowest BCUT2D eigenvalue weighted by atomic mass is 9.95. The van der Waals surface area contributed by atoms with E-state index in [0.717, 1.165) is 25.5 Å². The minimum atomic E-state index is -0.375. The van der Waals surface area contributed by atoms with Gasteiger partial charge < -0.3 is 21.3 Å². The first-order valence-corrected chi connectivity index (χ1v) is 8.22. The summed E-state index contributed by atoms with van der Waals surface area (Å²) in [6, 6.07) is -0.0308. The second kappa shape index (κ2) is 6.96. The fourth-order valence-electron chi connectivity index (χ4n) is 3.33. The van der Waals surface area contributed by atoms with Crippen molar-refractivity contribution in [3.8, 4) is 0 Å². The summed E-state index contributed by atoms with van der Waals surface area (Å²) in [5, 5.41) is 6.57. The van der Waals surface area contributed by atoms with E-state index in [0.29, 0.717) is 5.57 Å². The first kappa shape index (κ1) is 15.1. The number of hydrogen-bond donors (Lipinski definition) is 3. The number of amides is 1. The number of aliphatic imine (C=N–C) groups is 1. The Kier molecular flexibility index (Phi) is 4.77. The Bertz CT molecular complexity index is 505. The van der Waals surface area contributed by atoms with Gasteiger partial charge in [0.1, 0.15) is 0 Å². The Labute approximate surface area is 131 Å². The van der Waals surface area contributed by atoms with Crippen LogP contribution in [0.1, 0.15) is 25.7 Å². The van der Waals surface area contributed by atoms with E-state index >= 15 is 0 Å². The maximum atomic E-state index is 11.4. The van der Waals surface area contributed by atoms with Crippen molar-refractivity contribution in [1.29, 1.82) is 0 Å². The number of nitrogens with one attached hydrogen (secondary N) is 2. The molecule has 0 radical (unpaired) electrons. The highest BCUT2D eigenvalue weighted by atomic mass is 16.1. The zero-order valence-electron chi connectivity index (χ0n) is 12.9. The molecular weight excluding hydrogens is 278 g/mol. The summed E-state index contributed by atoms with van der Waals surface area (Å²) in [7, 11) is 0. The average molecular weight is 303 g/mol. The fourth-order valence-corrected chi connectivity index (χ4v) is 3.33. The summed E-state index contributed by atoms with van der Waals surface area (Å²) in [5.74, 6) is 0.396. The van der Waals surface area contributed by atoms with Crippen LogP contribution < -0.4 is 16.4 Å². The number of hydrogen-bond acceptors (Lipinski definition) is 3. The molecule has 120 valence electrons. The number of likely N-dealkylation sites (tertiary alicyclic amines) is 1. The van der Waals surface area contributed by atoms with Gasteiger partial charge in [0, 0.05) is 12.1 Å². The van der Waals surface area contributed by atoms with E-state index in [-0.39, 0.29) is 18.0 Å². The molecule has 2 aliphatic heterocycles. The highest BCUT2D eigenvalue weighted by molar-refractivity contribution is 5.97. The van der Waals surface area contributed by atoms with Crippen LogP contribution in [0.4, 0.5) is 0 Å². The molecular formula is C16H25N5O. The van der Waals surface area contributed by atoms with Gasteiger partial charge in [-0.25, -0.2) is 0 Å². The van der Waals surface area contributed by atoms with Gasteiger partial charge >= 0.3 is 0 Å². The number of carbonyl (C=O) groups is 1. The zero-order valence-corrected chi connectivity index (χ0v) is 12.9. The molecule has 0 aromatic rings. The lowest BCUT2D eigenvalue weighted by Gasteiger charge is -2.25. The van der Waals surface area contributed by atoms with Crippen molar-refractivity contribution in [3.05, 3.63) is 23.8 Å². The van der Waals surface area contributed by atoms with Gasteiger partial charge in [-0.3, -0.25) is 9.79 Å². The number of guanidine groups is 1. The molecule has 0 aromatic heterocycles. The summed E-state index contributed by atoms with van der Waals surface area (Å²) in [5.41, 5.74) is 6.03. The highest BCUT2D eigenvalue weighted by Gasteiger charge is 2.34. The number of primary amides is 1. The van der Waals surface area contributed by atoms with Gasteiger partial charge in [-0.15, -0.1) is 0 Å². The predicted octanol–water partition coefficient (Wildman–Crippen LogP) is 0.130. The summed E-state index contributed by atoms with van der Waals surface area (Å²) in [4.78, 5) is 18.5. The third-order valence-electron chi connectivity index (χ3n) is 4.52. The summed E-state index contributed by atoms with van der Waals surface area (Å²) >= 11 is 0. The average Bonchev–Trinajstić information content (AvgIpc) is 2.95. The maximum absolute atomic E-state index is 11.4. The standard InChI is InChI=1S/C16H25N5O/c17-15(22)12-6-4-7-13-14(12)20-16(19-13)18-8-5-11-21-9-2-1-3-10-21/h4,6-7,13-14H,1-3,5,8-11H2,(H2,17,22)(H2,18,19,20). The van der Waals surface area contributed by atoms with Crippen molar-refractivity contribution in [2.45, 2.75) is 37.8 Å². The number of fused-ring (bicyclic) bond motifs is 1. The van der Waals surface area contributed by atoms with Gasteiger partial charge in [-0.1, -0.05) is 24.6 Å². The van der Waals surface area contributed by atoms with Crippen LogP contribution in [-0.2, 0) is 4.79 Å². The van der Waals surface area contributed by atoms with Crippen LogP contribution in [0.2, 0.25) is 0 Å². The molecule has 6 nitrogen and oxygen atoms in total. The van der Waals surface area contributed by atoms with Crippen LogP contribution in [0.3, 0.4) is 0 Å². The number of nitrogens with zero attached hydrogens (tertiary/aromatic N) is 2. The fraction of sp³-hybridized carbons (Fsp3) is 0.625. The van der Waals surface area contributed by atoms with E-state index in [1.54, 1.807) is 6.08 Å². The molecule has 3 aliphatic rings. The monoisotopic (exact) mass is 303 g/mol. The number of allylic oxidation sites excluding steroid dienone is 2. The third kappa shape index (κ3) is 3.50. The second-order valence-electron chi connectivity index (χ2n) is 6.15. The van der Waals surface area contributed by atoms with Crippen LogP contribution in [0.15, 0.2) is 28.8 Å². The lowest BCUT2D eigenvalue weighted by Crippen LogP contribution is -2.40. The molecule has 0 saturated carbocycles. The van der Waals surface area contributed by atoms with E-state index in [9.17, 15) is 4.79 Å². The number of nitrogens with two attached hydrogens (primary N) is 1. The van der Waals surface area contributed by atoms with E-state index in [4.69, 9.17) is 5.73 Å². The maximum Gasteiger partial charge on any atom is 0.246 e. The molecule has 0 bridgehead atoms. The molecule has 0 aromatic carbocycles. The van der Waals surface area contributed by atoms with E-state index in [1.165, 1.54) is 32.4 Å². The molecule has 1 amide bonds. The largest absolute Gasteiger partial charge is 0.366 e. The van der Waals surface area contributed by atoms with Gasteiger partial charge in [-0.05, 0) is 38.9 Å².